The minimum Gasteiger partial charge on any atom is -0.413 e. The van der Waals surface area contributed by atoms with E-state index in [-0.39, 0.29) is 0 Å². The van der Waals surface area contributed by atoms with Gasteiger partial charge in [-0.1, -0.05) is 0 Å². The van der Waals surface area contributed by atoms with Gasteiger partial charge in [0.15, 0.2) is 0 Å². The van der Waals surface area contributed by atoms with Crippen molar-refractivity contribution in [3.8, 4) is 0 Å². The van der Waals surface area contributed by atoms with Crippen molar-refractivity contribution in [3.05, 3.63) is 0 Å². The topological polar surface area (TPSA) is 18.5 Å². The first kappa shape index (κ1) is 52.1. The molecule has 0 unspecified atom stereocenters. The van der Waals surface area contributed by atoms with E-state index in [9.17, 15) is 154 Å². The highest BCUT2D eigenvalue weighted by atomic mass is 28.4. The Bertz CT molecular complexity index is 1190. The van der Waals surface area contributed by atoms with E-state index >= 15 is 0 Å². The summed E-state index contributed by atoms with van der Waals surface area (Å²) in [6, 6.07) is 0. The summed E-state index contributed by atoms with van der Waals surface area (Å²) in [6.07, 6.45) is -8.48. The summed E-state index contributed by atoms with van der Waals surface area (Å²) in [7, 11) is -33.1. The van der Waals surface area contributed by atoms with Gasteiger partial charge in [0.1, 0.15) is 0 Å². The van der Waals surface area contributed by atoms with Gasteiger partial charge in [0.2, 0.25) is 0 Å². The molecule has 0 bridgehead atoms. The Kier molecular flexibility index (Phi) is 12.6. The highest BCUT2D eigenvalue weighted by Crippen LogP contribution is 2.65. The molecule has 0 aromatic rings. The van der Waals surface area contributed by atoms with E-state index in [2.05, 4.69) is 0 Å². The fraction of sp³-hybridized carbons (Fsp3) is 1.00. The fourth-order valence-electron chi connectivity index (χ4n) is 3.03. The van der Waals surface area contributed by atoms with E-state index in [1.54, 1.807) is 0 Å². The average Bonchev–Trinajstić information content (AvgIpc) is 2.82. The lowest BCUT2D eigenvalue weighted by molar-refractivity contribution is -0.459. The number of rotatable bonds is 11. The maximum atomic E-state index is 14.7. The Balaban J connectivity index is 8.79. The predicted molar refractivity (Wildman–Crippen MR) is 96.4 cm³/mol. The molecule has 40 heteroatoms. The van der Waals surface area contributed by atoms with Crippen LogP contribution < -0.4 is 0 Å². The van der Waals surface area contributed by atoms with Gasteiger partial charge in [0, 0.05) is 0 Å². The van der Waals surface area contributed by atoms with Crippen LogP contribution in [0.1, 0.15) is 0 Å². The van der Waals surface area contributed by atoms with Crippen LogP contribution >= 0.6 is 0 Å². The fourth-order valence-corrected chi connectivity index (χ4v) is 11.9. The second-order valence-electron chi connectivity index (χ2n) is 9.36. The molecule has 0 fully saturated rings. The van der Waals surface area contributed by atoms with Gasteiger partial charge >= 0.3 is 108 Å². The molecule has 0 aliphatic rings. The summed E-state index contributed by atoms with van der Waals surface area (Å²) >= 11 is 0. The van der Waals surface area contributed by atoms with Crippen LogP contribution in [0.2, 0.25) is 0 Å². The third-order valence-corrected chi connectivity index (χ3v) is 15.4. The van der Waals surface area contributed by atoms with Crippen LogP contribution in [0.5, 0.6) is 0 Å². The minimum absolute atomic E-state index is 1.25. The van der Waals surface area contributed by atoms with Gasteiger partial charge in [-0.25, -0.2) is 0 Å². The van der Waals surface area contributed by atoms with Crippen LogP contribution in [0.4, 0.5) is 154 Å². The molecular weight excluding hydrogens is 949 g/mol. The van der Waals surface area contributed by atoms with Crippen molar-refractivity contribution in [1.82, 2.24) is 0 Å². The molecule has 0 spiro atoms. The Hall–Kier alpha value is -1.88. The lowest BCUT2D eigenvalue weighted by atomic mass is 9.91. The largest absolute Gasteiger partial charge is 0.540 e. The summed E-state index contributed by atoms with van der Waals surface area (Å²) in [4.78, 5) is 0. The number of hydrogen-bond donors (Lipinski definition) is 0. The standard InChI is InChI=1S/C14F35O2Si3/c15-1(16,3(19,20)5(23,24)7(27,28)29)2(17,18)4(21,22)6(25,26)8(30,31)52(50-53(9(32,33)34,10(35,36)37)11(38,39)40)51-54(12(41,42)43,13(44,45)46)14(47,48)49. The molecule has 0 atom stereocenters. The molecule has 0 saturated carbocycles. The van der Waals surface area contributed by atoms with E-state index in [1.165, 1.54) is 8.23 Å². The maximum absolute atomic E-state index is 14.7. The first-order chi connectivity index (χ1) is 22.6. The van der Waals surface area contributed by atoms with Gasteiger partial charge in [0.05, 0.1) is 0 Å². The van der Waals surface area contributed by atoms with Crippen molar-refractivity contribution in [3.63, 3.8) is 0 Å². The summed E-state index contributed by atoms with van der Waals surface area (Å²) in [5, 5.41) is 0. The first-order valence-electron chi connectivity index (χ1n) is 10.9. The molecule has 0 heterocycles. The van der Waals surface area contributed by atoms with Crippen LogP contribution in [0.15, 0.2) is 0 Å². The Morgan fingerprint density at radius 1 is 0.241 bits per heavy atom. The van der Waals surface area contributed by atoms with Crippen molar-refractivity contribution < 1.29 is 162 Å². The normalized spacial score (nSPS) is 17.1. The third-order valence-electron chi connectivity index (χ3n) is 5.87. The maximum Gasteiger partial charge on any atom is 0.540 e. The lowest BCUT2D eigenvalue weighted by Gasteiger charge is -2.46. The molecule has 0 aromatic heterocycles. The summed E-state index contributed by atoms with van der Waals surface area (Å²) in [6.45, 7) is 0. The van der Waals surface area contributed by atoms with Gasteiger partial charge in [-0.15, -0.1) is 0 Å². The van der Waals surface area contributed by atoms with Gasteiger partial charge < -0.3 is 8.23 Å². The molecular formula is C14F35O2Si3. The Labute approximate surface area is 271 Å². The molecule has 0 N–H and O–H groups in total. The van der Waals surface area contributed by atoms with E-state index in [0.29, 0.717) is 0 Å². The third kappa shape index (κ3) is 7.03. The zero-order chi connectivity index (χ0) is 45.0. The van der Waals surface area contributed by atoms with E-state index in [0.717, 1.165) is 0 Å². The molecule has 0 aromatic carbocycles. The Morgan fingerprint density at radius 3 is 0.574 bits per heavy atom. The second kappa shape index (κ2) is 13.1. The molecule has 1 radical (unpaired) electrons. The molecule has 325 valence electrons. The highest BCUT2D eigenvalue weighted by Gasteiger charge is 2.99. The predicted octanol–water partition coefficient (Wildman–Crippen LogP) is 10.6. The number of alkyl halides is 35. The quantitative estimate of drug-likeness (QED) is 0.152. The minimum atomic E-state index is -11.5. The van der Waals surface area contributed by atoms with E-state index < -0.39 is 108 Å². The highest BCUT2D eigenvalue weighted by molar-refractivity contribution is 6.88. The lowest BCUT2D eigenvalue weighted by Crippen LogP contribution is -2.82. The molecule has 0 aliphatic carbocycles. The van der Waals surface area contributed by atoms with Crippen LogP contribution in [-0.2, 0) is 8.23 Å². The van der Waals surface area contributed by atoms with Gasteiger partial charge in [0.25, 0.3) is 0 Å². The van der Waals surface area contributed by atoms with Crippen LogP contribution in [-0.4, -0.2) is 108 Å². The number of halogens is 35. The van der Waals surface area contributed by atoms with Crippen molar-refractivity contribution in [1.29, 1.82) is 0 Å². The van der Waals surface area contributed by atoms with E-state index in [1.807, 2.05) is 0 Å². The van der Waals surface area contributed by atoms with Crippen LogP contribution in [0, 0.1) is 0 Å². The molecule has 0 aliphatic heterocycles. The summed E-state index contributed by atoms with van der Waals surface area (Å²) in [5.74, 6) is -112. The van der Waals surface area contributed by atoms with Crippen molar-refractivity contribution >= 4 is 25.9 Å². The molecule has 0 amide bonds. The zero-order valence-corrected chi connectivity index (χ0v) is 25.5. The summed E-state index contributed by atoms with van der Waals surface area (Å²) < 4.78 is 471. The molecule has 0 saturated heterocycles. The SMILES string of the molecule is FC(F)(F)C(F)(F)C(F)(F)C(F)(F)C(F)(F)C(F)(F)C(F)(F)C(F)(F)[Si](O[Si](C(F)(F)F)(C(F)(F)F)C(F)(F)F)O[Si](C(F)(F)F)(C(F)(F)F)C(F)(F)F. The van der Waals surface area contributed by atoms with Crippen LogP contribution in [0.25, 0.3) is 0 Å². The van der Waals surface area contributed by atoms with Gasteiger partial charge in [-0.2, -0.15) is 154 Å². The molecule has 2 nitrogen and oxygen atoms in total. The van der Waals surface area contributed by atoms with Crippen LogP contribution in [0.3, 0.4) is 0 Å². The van der Waals surface area contributed by atoms with E-state index in [4.69, 9.17) is 0 Å². The van der Waals surface area contributed by atoms with Gasteiger partial charge in [-0.3, -0.25) is 0 Å². The smallest absolute Gasteiger partial charge is 0.413 e. The van der Waals surface area contributed by atoms with Gasteiger partial charge in [-0.05, 0) is 0 Å². The zero-order valence-electron chi connectivity index (χ0n) is 22.5. The van der Waals surface area contributed by atoms with Crippen molar-refractivity contribution in [2.45, 2.75) is 82.1 Å². The summed E-state index contributed by atoms with van der Waals surface area (Å²) in [5.41, 5.74) is -9.84. The average molecular weight is 949 g/mol. The Morgan fingerprint density at radius 2 is 0.407 bits per heavy atom. The number of hydrogen-bond acceptors (Lipinski definition) is 2. The molecule has 54 heavy (non-hydrogen) atoms. The molecule has 0 rings (SSSR count). The first-order valence-corrected chi connectivity index (χ1v) is 16.1. The van der Waals surface area contributed by atoms with Crippen molar-refractivity contribution in [2.75, 3.05) is 0 Å². The second-order valence-corrected chi connectivity index (χ2v) is 18.3. The monoisotopic (exact) mass is 949 g/mol. The van der Waals surface area contributed by atoms with Crippen molar-refractivity contribution in [2.24, 2.45) is 0 Å².